The standard InChI is InChI=1S/C18H17F2N3O/c1-2-23-16-9-13(24-18(19)20)7-8-14(16)15(10-21)17(23)11-3-5-12(22)6-4-11/h3-9,15,17-18H,2,22H2,1H3. The van der Waals surface area contributed by atoms with E-state index in [4.69, 9.17) is 5.73 Å². The van der Waals surface area contributed by atoms with Crippen molar-refractivity contribution in [1.29, 1.82) is 5.26 Å². The summed E-state index contributed by atoms with van der Waals surface area (Å²) >= 11 is 0. The predicted molar refractivity (Wildman–Crippen MR) is 88.0 cm³/mol. The van der Waals surface area contributed by atoms with Crippen LogP contribution in [0.5, 0.6) is 5.75 Å². The van der Waals surface area contributed by atoms with E-state index >= 15 is 0 Å². The van der Waals surface area contributed by atoms with E-state index in [0.717, 1.165) is 16.8 Å². The fourth-order valence-electron chi connectivity index (χ4n) is 3.28. The number of ether oxygens (including phenoxy) is 1. The van der Waals surface area contributed by atoms with Crippen LogP contribution in [0.25, 0.3) is 0 Å². The van der Waals surface area contributed by atoms with Crippen LogP contribution in [0.1, 0.15) is 30.0 Å². The summed E-state index contributed by atoms with van der Waals surface area (Å²) in [4.78, 5) is 2.03. The van der Waals surface area contributed by atoms with Crippen LogP contribution < -0.4 is 15.4 Å². The maximum Gasteiger partial charge on any atom is 0.387 e. The van der Waals surface area contributed by atoms with E-state index in [1.807, 2.05) is 24.0 Å². The largest absolute Gasteiger partial charge is 0.435 e. The highest BCUT2D eigenvalue weighted by molar-refractivity contribution is 5.67. The molecular weight excluding hydrogens is 312 g/mol. The van der Waals surface area contributed by atoms with Crippen molar-refractivity contribution in [2.24, 2.45) is 0 Å². The zero-order chi connectivity index (χ0) is 17.3. The predicted octanol–water partition coefficient (Wildman–Crippen LogP) is 4.06. The molecule has 0 aliphatic carbocycles. The Morgan fingerprint density at radius 3 is 2.54 bits per heavy atom. The van der Waals surface area contributed by atoms with Crippen LogP contribution in [-0.2, 0) is 0 Å². The highest BCUT2D eigenvalue weighted by Crippen LogP contribution is 2.49. The van der Waals surface area contributed by atoms with Crippen LogP contribution in [0.2, 0.25) is 0 Å². The van der Waals surface area contributed by atoms with E-state index in [9.17, 15) is 14.0 Å². The average Bonchev–Trinajstić information content (AvgIpc) is 2.87. The number of hydrogen-bond donors (Lipinski definition) is 1. The minimum atomic E-state index is -2.88. The van der Waals surface area contributed by atoms with Gasteiger partial charge in [0, 0.05) is 24.0 Å². The van der Waals surface area contributed by atoms with Crippen LogP contribution in [0.3, 0.4) is 0 Å². The number of hydrogen-bond acceptors (Lipinski definition) is 4. The zero-order valence-corrected chi connectivity index (χ0v) is 13.1. The molecule has 124 valence electrons. The summed E-state index contributed by atoms with van der Waals surface area (Å²) in [5.41, 5.74) is 8.93. The summed E-state index contributed by atoms with van der Waals surface area (Å²) in [6, 6.07) is 14.3. The van der Waals surface area contributed by atoms with E-state index in [2.05, 4.69) is 10.8 Å². The molecule has 0 saturated carbocycles. The van der Waals surface area contributed by atoms with Crippen LogP contribution in [0.4, 0.5) is 20.2 Å². The fraction of sp³-hybridized carbons (Fsp3) is 0.278. The van der Waals surface area contributed by atoms with Crippen molar-refractivity contribution >= 4 is 11.4 Å². The molecule has 1 aliphatic rings. The lowest BCUT2D eigenvalue weighted by Gasteiger charge is -2.28. The highest BCUT2D eigenvalue weighted by atomic mass is 19.3. The van der Waals surface area contributed by atoms with Crippen LogP contribution in [-0.4, -0.2) is 13.2 Å². The Balaban J connectivity index is 2.05. The Morgan fingerprint density at radius 2 is 1.96 bits per heavy atom. The van der Waals surface area contributed by atoms with Crippen molar-refractivity contribution in [3.8, 4) is 11.8 Å². The molecule has 2 unspecified atom stereocenters. The minimum absolute atomic E-state index is 0.0943. The molecule has 0 saturated heterocycles. The Labute approximate surface area is 139 Å². The van der Waals surface area contributed by atoms with E-state index in [0.29, 0.717) is 12.2 Å². The van der Waals surface area contributed by atoms with Gasteiger partial charge in [0.1, 0.15) is 5.75 Å². The first-order valence-electron chi connectivity index (χ1n) is 7.65. The van der Waals surface area contributed by atoms with Crippen LogP contribution in [0, 0.1) is 11.3 Å². The Bertz CT molecular complexity index is 771. The molecule has 2 atom stereocenters. The third kappa shape index (κ3) is 2.73. The van der Waals surface area contributed by atoms with Gasteiger partial charge in [-0.3, -0.25) is 0 Å². The van der Waals surface area contributed by atoms with Crippen molar-refractivity contribution < 1.29 is 13.5 Å². The molecule has 1 aliphatic heterocycles. The quantitative estimate of drug-likeness (QED) is 0.859. The fourth-order valence-corrected chi connectivity index (χ4v) is 3.28. The van der Waals surface area contributed by atoms with Crippen molar-refractivity contribution in [3.63, 3.8) is 0 Å². The first kappa shape index (κ1) is 16.1. The number of fused-ring (bicyclic) bond motifs is 1. The second kappa shape index (κ2) is 6.36. The lowest BCUT2D eigenvalue weighted by Crippen LogP contribution is -2.26. The molecule has 4 nitrogen and oxygen atoms in total. The van der Waals surface area contributed by atoms with E-state index in [1.165, 1.54) is 6.07 Å². The van der Waals surface area contributed by atoms with Crippen molar-refractivity contribution in [2.45, 2.75) is 25.5 Å². The van der Waals surface area contributed by atoms with Gasteiger partial charge in [0.15, 0.2) is 0 Å². The van der Waals surface area contributed by atoms with E-state index in [-0.39, 0.29) is 17.7 Å². The van der Waals surface area contributed by atoms with Gasteiger partial charge in [-0.15, -0.1) is 0 Å². The number of nitriles is 1. The number of anilines is 2. The molecule has 1 heterocycles. The van der Waals surface area contributed by atoms with Gasteiger partial charge >= 0.3 is 6.61 Å². The third-order valence-corrected chi connectivity index (χ3v) is 4.28. The summed E-state index contributed by atoms with van der Waals surface area (Å²) < 4.78 is 29.4. The molecule has 2 aromatic carbocycles. The Hall–Kier alpha value is -2.81. The molecule has 6 heteroatoms. The third-order valence-electron chi connectivity index (χ3n) is 4.28. The normalized spacial score (nSPS) is 19.2. The van der Waals surface area contributed by atoms with Crippen LogP contribution >= 0.6 is 0 Å². The van der Waals surface area contributed by atoms with Gasteiger partial charge in [0.05, 0.1) is 18.0 Å². The SMILES string of the molecule is CCN1c2cc(OC(F)F)ccc2C(C#N)C1c1ccc(N)cc1. The van der Waals surface area contributed by atoms with Crippen molar-refractivity contribution in [3.05, 3.63) is 53.6 Å². The molecule has 24 heavy (non-hydrogen) atoms. The minimum Gasteiger partial charge on any atom is -0.435 e. The first-order chi connectivity index (χ1) is 11.5. The van der Waals surface area contributed by atoms with E-state index in [1.54, 1.807) is 24.3 Å². The summed E-state index contributed by atoms with van der Waals surface area (Å²) in [5, 5.41) is 9.67. The number of nitrogens with two attached hydrogens (primary N) is 1. The zero-order valence-electron chi connectivity index (χ0n) is 13.1. The summed E-state index contributed by atoms with van der Waals surface area (Å²) in [7, 11) is 0. The molecule has 0 fully saturated rings. The Kier molecular flexibility index (Phi) is 4.26. The van der Waals surface area contributed by atoms with Crippen LogP contribution in [0.15, 0.2) is 42.5 Å². The number of benzene rings is 2. The molecule has 0 aromatic heterocycles. The second-order valence-corrected chi connectivity index (χ2v) is 5.60. The van der Waals surface area contributed by atoms with Gasteiger partial charge in [-0.25, -0.2) is 0 Å². The van der Waals surface area contributed by atoms with Gasteiger partial charge in [0.2, 0.25) is 0 Å². The molecule has 2 N–H and O–H groups in total. The van der Waals surface area contributed by atoms with E-state index < -0.39 is 6.61 Å². The molecule has 0 radical (unpaired) electrons. The number of halogens is 2. The molecule has 2 aromatic rings. The maximum absolute atomic E-state index is 12.5. The summed E-state index contributed by atoms with van der Waals surface area (Å²) in [6.07, 6.45) is 0. The number of likely N-dealkylation sites (N-methyl/N-ethyl adjacent to an activating group) is 1. The number of alkyl halides is 2. The topological polar surface area (TPSA) is 62.3 Å². The molecule has 0 spiro atoms. The maximum atomic E-state index is 12.5. The van der Waals surface area contributed by atoms with Crippen molar-refractivity contribution in [1.82, 2.24) is 0 Å². The second-order valence-electron chi connectivity index (χ2n) is 5.60. The van der Waals surface area contributed by atoms with Gasteiger partial charge in [-0.2, -0.15) is 14.0 Å². The molecular formula is C18H17F2N3O. The Morgan fingerprint density at radius 1 is 1.25 bits per heavy atom. The molecule has 0 bridgehead atoms. The highest BCUT2D eigenvalue weighted by Gasteiger charge is 2.39. The summed E-state index contributed by atoms with van der Waals surface area (Å²) in [5.74, 6) is -0.291. The number of nitrogens with zero attached hydrogens (tertiary/aromatic N) is 2. The lowest BCUT2D eigenvalue weighted by molar-refractivity contribution is -0.0498. The lowest BCUT2D eigenvalue weighted by atomic mass is 9.91. The molecule has 3 rings (SSSR count). The van der Waals surface area contributed by atoms with Gasteiger partial charge in [-0.1, -0.05) is 18.2 Å². The average molecular weight is 329 g/mol. The number of rotatable bonds is 4. The van der Waals surface area contributed by atoms with Gasteiger partial charge in [0.25, 0.3) is 0 Å². The van der Waals surface area contributed by atoms with Gasteiger partial charge in [-0.05, 0) is 36.2 Å². The summed E-state index contributed by atoms with van der Waals surface area (Å²) in [6.45, 7) is -0.272. The molecule has 0 amide bonds. The van der Waals surface area contributed by atoms with Crippen molar-refractivity contribution in [2.75, 3.05) is 17.2 Å². The first-order valence-corrected chi connectivity index (χ1v) is 7.65. The smallest absolute Gasteiger partial charge is 0.387 e. The van der Waals surface area contributed by atoms with Gasteiger partial charge < -0.3 is 15.4 Å². The number of nitrogen functional groups attached to an aromatic ring is 1. The monoisotopic (exact) mass is 329 g/mol.